The summed E-state index contributed by atoms with van der Waals surface area (Å²) in [7, 11) is 0. The number of ether oxygens (including phenoxy) is 1. The minimum atomic E-state index is -1.98. The molecule has 2 N–H and O–H groups in total. The van der Waals surface area contributed by atoms with Crippen LogP contribution in [0.4, 0.5) is 0 Å². The number of carbonyl (C=O) groups excluding carboxylic acids is 1. The van der Waals surface area contributed by atoms with E-state index in [4.69, 9.17) is 10.2 Å². The van der Waals surface area contributed by atoms with Gasteiger partial charge in [0.25, 0.3) is 0 Å². The Morgan fingerprint density at radius 1 is 0.826 bits per heavy atom. The van der Waals surface area contributed by atoms with Gasteiger partial charge in [-0.15, -0.1) is 0 Å². The van der Waals surface area contributed by atoms with Crippen LogP contribution in [0.15, 0.2) is 12.2 Å². The molecule has 0 fully saturated rings. The first-order chi connectivity index (χ1) is 11.2. The number of hydrogen-bond acceptors (Lipinski definition) is 4. The van der Waals surface area contributed by atoms with E-state index in [-0.39, 0.29) is 6.42 Å². The lowest BCUT2D eigenvalue weighted by molar-refractivity contribution is -0.229. The van der Waals surface area contributed by atoms with Crippen molar-refractivity contribution in [2.75, 3.05) is 0 Å². The van der Waals surface area contributed by atoms with Crippen LogP contribution in [0.5, 0.6) is 0 Å². The largest absolute Gasteiger partial charge is 0.411 e. The highest BCUT2D eigenvalue weighted by molar-refractivity contribution is 5.69. The Bertz CT molecular complexity index is 287. The fraction of sp³-hybridized carbons (Fsp3) is 0.842. The second-order valence-corrected chi connectivity index (χ2v) is 6.15. The summed E-state index contributed by atoms with van der Waals surface area (Å²) >= 11 is 0. The average molecular weight is 328 g/mol. The molecule has 0 spiro atoms. The van der Waals surface area contributed by atoms with Gasteiger partial charge in [-0.2, -0.15) is 0 Å². The lowest BCUT2D eigenvalue weighted by atomic mass is 10.1. The number of carbonyl (C=O) groups is 1. The first-order valence-electron chi connectivity index (χ1n) is 9.37. The maximum atomic E-state index is 11.0. The number of rotatable bonds is 16. The first kappa shape index (κ1) is 22.1. The summed E-state index contributed by atoms with van der Waals surface area (Å²) in [6, 6.07) is 0. The molecule has 0 rings (SSSR count). The Morgan fingerprint density at radius 3 is 1.83 bits per heavy atom. The molecule has 0 bridgehead atoms. The Kier molecular flexibility index (Phi) is 16.8. The zero-order valence-electron chi connectivity index (χ0n) is 14.8. The van der Waals surface area contributed by atoms with E-state index in [1.54, 1.807) is 0 Å². The van der Waals surface area contributed by atoms with Crippen molar-refractivity contribution in [2.45, 2.75) is 103 Å². The fourth-order valence-electron chi connectivity index (χ4n) is 2.52. The third kappa shape index (κ3) is 19.1. The molecule has 0 aliphatic rings. The van der Waals surface area contributed by atoms with Crippen molar-refractivity contribution >= 4 is 5.97 Å². The van der Waals surface area contributed by atoms with Gasteiger partial charge in [-0.1, -0.05) is 70.4 Å². The van der Waals surface area contributed by atoms with Crippen molar-refractivity contribution < 1.29 is 19.7 Å². The van der Waals surface area contributed by atoms with E-state index in [9.17, 15) is 4.79 Å². The molecule has 4 heteroatoms. The number of allylic oxidation sites excluding steroid dienone is 2. The zero-order chi connectivity index (χ0) is 17.2. The van der Waals surface area contributed by atoms with Gasteiger partial charge in [0.05, 0.1) is 0 Å². The summed E-state index contributed by atoms with van der Waals surface area (Å²) < 4.78 is 4.23. The van der Waals surface area contributed by atoms with Crippen molar-refractivity contribution in [2.24, 2.45) is 0 Å². The van der Waals surface area contributed by atoms with Gasteiger partial charge in [0.15, 0.2) is 0 Å². The van der Waals surface area contributed by atoms with Crippen LogP contribution in [0.3, 0.4) is 0 Å². The van der Waals surface area contributed by atoms with Gasteiger partial charge in [0.2, 0.25) is 0 Å². The topological polar surface area (TPSA) is 66.8 Å². The van der Waals surface area contributed by atoms with E-state index in [0.29, 0.717) is 0 Å². The molecule has 0 aliphatic heterocycles. The smallest absolute Gasteiger partial charge is 0.313 e. The summed E-state index contributed by atoms with van der Waals surface area (Å²) in [5.74, 6) is -0.544. The zero-order valence-corrected chi connectivity index (χ0v) is 14.8. The lowest BCUT2D eigenvalue weighted by Crippen LogP contribution is -2.16. The number of hydrogen-bond donors (Lipinski definition) is 2. The minimum Gasteiger partial charge on any atom is -0.411 e. The summed E-state index contributed by atoms with van der Waals surface area (Å²) in [6.07, 6.45) is 20.6. The van der Waals surface area contributed by atoms with Gasteiger partial charge in [-0.05, 0) is 32.1 Å². The van der Waals surface area contributed by atoms with Gasteiger partial charge in [0.1, 0.15) is 0 Å². The van der Waals surface area contributed by atoms with Crippen LogP contribution in [-0.4, -0.2) is 22.7 Å². The molecule has 4 nitrogen and oxygen atoms in total. The highest BCUT2D eigenvalue weighted by Gasteiger charge is 2.06. The van der Waals surface area contributed by atoms with Crippen LogP contribution in [0.2, 0.25) is 0 Å². The van der Waals surface area contributed by atoms with Crippen molar-refractivity contribution in [3.8, 4) is 0 Å². The SMILES string of the molecule is CCCCCCCC/C=C\CCCCCCCC(=O)OC(O)O. The second kappa shape index (κ2) is 17.5. The Hall–Kier alpha value is -0.870. The standard InChI is InChI=1S/C19H36O4/c1-2-3-4-5-6-7-8-9-10-11-12-13-14-15-16-17-18(20)23-19(21)22/h9-10,19,21-22H,2-8,11-17H2,1H3/b10-9-. The van der Waals surface area contributed by atoms with Crippen molar-refractivity contribution in [3.63, 3.8) is 0 Å². The Balaban J connectivity index is 3.18. The van der Waals surface area contributed by atoms with E-state index in [1.807, 2.05) is 0 Å². The molecule has 0 saturated carbocycles. The number of aliphatic hydroxyl groups excluding tert-OH is 1. The highest BCUT2D eigenvalue weighted by atomic mass is 16.7. The van der Waals surface area contributed by atoms with E-state index >= 15 is 0 Å². The normalized spacial score (nSPS) is 11.5. The summed E-state index contributed by atoms with van der Waals surface area (Å²) in [6.45, 7) is 0.268. The van der Waals surface area contributed by atoms with E-state index in [2.05, 4.69) is 23.8 Å². The molecule has 136 valence electrons. The van der Waals surface area contributed by atoms with E-state index in [0.717, 1.165) is 25.7 Å². The lowest BCUT2D eigenvalue weighted by Gasteiger charge is -2.05. The van der Waals surface area contributed by atoms with Crippen LogP contribution in [0.1, 0.15) is 96.8 Å². The summed E-state index contributed by atoms with van der Waals surface area (Å²) in [5, 5.41) is 16.9. The number of esters is 1. The fourth-order valence-corrected chi connectivity index (χ4v) is 2.52. The molecular formula is C19H36O4. The second-order valence-electron chi connectivity index (χ2n) is 6.15. The minimum absolute atomic E-state index is 0.260. The van der Waals surface area contributed by atoms with Gasteiger partial charge in [-0.3, -0.25) is 4.79 Å². The van der Waals surface area contributed by atoms with E-state index in [1.165, 1.54) is 57.8 Å². The number of aliphatic hydroxyl groups is 2. The summed E-state index contributed by atoms with van der Waals surface area (Å²) in [4.78, 5) is 11.0. The third-order valence-corrected chi connectivity index (χ3v) is 3.88. The molecule has 0 aromatic carbocycles. The van der Waals surface area contributed by atoms with Gasteiger partial charge in [-0.25, -0.2) is 0 Å². The van der Waals surface area contributed by atoms with Gasteiger partial charge >= 0.3 is 12.4 Å². The molecule has 0 aliphatic carbocycles. The predicted octanol–water partition coefficient (Wildman–Crippen LogP) is 4.84. The quantitative estimate of drug-likeness (QED) is 0.184. The molecule has 0 atom stereocenters. The van der Waals surface area contributed by atoms with Crippen LogP contribution in [0, 0.1) is 0 Å². The number of unbranched alkanes of at least 4 members (excludes halogenated alkanes) is 11. The predicted molar refractivity (Wildman–Crippen MR) is 93.8 cm³/mol. The maximum absolute atomic E-state index is 11.0. The van der Waals surface area contributed by atoms with E-state index < -0.39 is 12.4 Å². The van der Waals surface area contributed by atoms with Crippen molar-refractivity contribution in [1.82, 2.24) is 0 Å². The van der Waals surface area contributed by atoms with Crippen LogP contribution >= 0.6 is 0 Å². The molecule has 0 amide bonds. The van der Waals surface area contributed by atoms with Crippen LogP contribution in [-0.2, 0) is 9.53 Å². The molecule has 0 saturated heterocycles. The maximum Gasteiger partial charge on any atom is 0.313 e. The Labute approximate surface area is 141 Å². The monoisotopic (exact) mass is 328 g/mol. The van der Waals surface area contributed by atoms with Crippen LogP contribution < -0.4 is 0 Å². The third-order valence-electron chi connectivity index (χ3n) is 3.88. The Morgan fingerprint density at radius 2 is 1.30 bits per heavy atom. The van der Waals surface area contributed by atoms with Gasteiger partial charge in [0, 0.05) is 6.42 Å². The first-order valence-corrected chi connectivity index (χ1v) is 9.37. The molecule has 0 radical (unpaired) electrons. The molecule has 0 heterocycles. The molecule has 0 unspecified atom stereocenters. The van der Waals surface area contributed by atoms with Crippen molar-refractivity contribution in [3.05, 3.63) is 12.2 Å². The molecule has 0 aromatic rings. The van der Waals surface area contributed by atoms with Crippen LogP contribution in [0.25, 0.3) is 0 Å². The molecule has 0 aromatic heterocycles. The molecular weight excluding hydrogens is 292 g/mol. The van der Waals surface area contributed by atoms with Gasteiger partial charge < -0.3 is 14.9 Å². The molecule has 23 heavy (non-hydrogen) atoms. The summed E-state index contributed by atoms with van der Waals surface area (Å²) in [5.41, 5.74) is 0. The highest BCUT2D eigenvalue weighted by Crippen LogP contribution is 2.10. The van der Waals surface area contributed by atoms with Crippen molar-refractivity contribution in [1.29, 1.82) is 0 Å². The average Bonchev–Trinajstić information content (AvgIpc) is 2.50.